The summed E-state index contributed by atoms with van der Waals surface area (Å²) in [6.07, 6.45) is 1.63. The zero-order valence-corrected chi connectivity index (χ0v) is 16.9. The lowest BCUT2D eigenvalue weighted by Crippen LogP contribution is -2.14. The Morgan fingerprint density at radius 3 is 2.58 bits per heavy atom. The topological polar surface area (TPSA) is 110 Å². The van der Waals surface area contributed by atoms with Crippen LogP contribution in [0, 0.1) is 11.3 Å². The van der Waals surface area contributed by atoms with Gasteiger partial charge in [-0.05, 0) is 29.8 Å². The number of rotatable bonds is 6. The molecule has 0 saturated carbocycles. The van der Waals surface area contributed by atoms with Gasteiger partial charge in [-0.1, -0.05) is 36.4 Å². The molecular weight excluding hydrogens is 390 g/mol. The molecular formula is C24H21N5O2. The van der Waals surface area contributed by atoms with Gasteiger partial charge in [0, 0.05) is 30.4 Å². The number of aliphatic hydroxyl groups is 1. The monoisotopic (exact) mass is 411 g/mol. The molecule has 0 aliphatic rings. The van der Waals surface area contributed by atoms with Crippen molar-refractivity contribution >= 4 is 0 Å². The van der Waals surface area contributed by atoms with Crippen LogP contribution in [0.2, 0.25) is 0 Å². The summed E-state index contributed by atoms with van der Waals surface area (Å²) in [5, 5.41) is 23.1. The number of nitrogens with two attached hydrogens (primary N) is 1. The minimum Gasteiger partial charge on any atom is -0.439 e. The molecule has 0 aliphatic heterocycles. The van der Waals surface area contributed by atoms with Crippen molar-refractivity contribution < 1.29 is 9.84 Å². The van der Waals surface area contributed by atoms with E-state index in [-0.39, 0.29) is 6.61 Å². The van der Waals surface area contributed by atoms with Crippen LogP contribution in [-0.2, 0) is 7.05 Å². The van der Waals surface area contributed by atoms with Gasteiger partial charge in [0.25, 0.3) is 0 Å². The van der Waals surface area contributed by atoms with Crippen LogP contribution in [0.3, 0.4) is 0 Å². The van der Waals surface area contributed by atoms with Crippen LogP contribution in [0.25, 0.3) is 22.5 Å². The summed E-state index contributed by atoms with van der Waals surface area (Å²) >= 11 is 0. The van der Waals surface area contributed by atoms with Crippen molar-refractivity contribution in [2.75, 3.05) is 6.61 Å². The number of ether oxygens (including phenoxy) is 1. The van der Waals surface area contributed by atoms with E-state index >= 15 is 0 Å². The Hall–Kier alpha value is -3.99. The number of aromatic nitrogens is 3. The normalized spacial score (nSPS) is 11.7. The van der Waals surface area contributed by atoms with Crippen molar-refractivity contribution in [2.45, 2.75) is 6.04 Å². The van der Waals surface area contributed by atoms with E-state index in [1.165, 1.54) is 0 Å². The van der Waals surface area contributed by atoms with E-state index < -0.39 is 6.04 Å². The van der Waals surface area contributed by atoms with Crippen LogP contribution in [0.5, 0.6) is 11.6 Å². The fourth-order valence-electron chi connectivity index (χ4n) is 3.19. The number of pyridine rings is 1. The smallest absolute Gasteiger partial charge is 0.218 e. The molecule has 1 unspecified atom stereocenters. The van der Waals surface area contributed by atoms with Crippen molar-refractivity contribution in [1.82, 2.24) is 14.8 Å². The first-order valence-electron chi connectivity index (χ1n) is 9.73. The molecule has 31 heavy (non-hydrogen) atoms. The minimum atomic E-state index is -0.482. The lowest BCUT2D eigenvalue weighted by molar-refractivity contribution is 0.268. The van der Waals surface area contributed by atoms with Gasteiger partial charge in [-0.3, -0.25) is 4.98 Å². The minimum absolute atomic E-state index is 0.156. The first-order chi connectivity index (χ1) is 15.1. The fourth-order valence-corrected chi connectivity index (χ4v) is 3.19. The number of aryl methyl sites for hydroxylation is 1. The zero-order chi connectivity index (χ0) is 21.8. The number of aliphatic hydroxyl groups excluding tert-OH is 1. The summed E-state index contributed by atoms with van der Waals surface area (Å²) in [4.78, 5) is 4.47. The summed E-state index contributed by atoms with van der Waals surface area (Å²) in [6, 6.07) is 22.2. The first-order valence-corrected chi connectivity index (χ1v) is 9.73. The number of hydrogen-bond acceptors (Lipinski definition) is 6. The van der Waals surface area contributed by atoms with Gasteiger partial charge in [0.05, 0.1) is 35.7 Å². The van der Waals surface area contributed by atoms with Crippen LogP contribution in [-0.4, -0.2) is 26.5 Å². The van der Waals surface area contributed by atoms with E-state index in [1.54, 1.807) is 36.1 Å². The molecule has 7 nitrogen and oxygen atoms in total. The predicted octanol–water partition coefficient (Wildman–Crippen LogP) is 3.81. The maximum absolute atomic E-state index is 9.35. The van der Waals surface area contributed by atoms with Crippen LogP contribution in [0.1, 0.15) is 17.2 Å². The number of nitriles is 1. The highest BCUT2D eigenvalue weighted by atomic mass is 16.5. The molecule has 0 spiro atoms. The van der Waals surface area contributed by atoms with Crippen LogP contribution in [0.4, 0.5) is 0 Å². The largest absolute Gasteiger partial charge is 0.439 e. The average molecular weight is 411 g/mol. The summed E-state index contributed by atoms with van der Waals surface area (Å²) in [5.74, 6) is 1.03. The van der Waals surface area contributed by atoms with Gasteiger partial charge in [-0.25, -0.2) is 4.68 Å². The maximum Gasteiger partial charge on any atom is 0.218 e. The van der Waals surface area contributed by atoms with Crippen molar-refractivity contribution in [3.8, 4) is 40.2 Å². The van der Waals surface area contributed by atoms with E-state index in [0.29, 0.717) is 22.9 Å². The average Bonchev–Trinajstić information content (AvgIpc) is 3.19. The van der Waals surface area contributed by atoms with Crippen LogP contribution >= 0.6 is 0 Å². The highest BCUT2D eigenvalue weighted by Gasteiger charge is 2.15. The maximum atomic E-state index is 9.35. The Morgan fingerprint density at radius 1 is 1.10 bits per heavy atom. The van der Waals surface area contributed by atoms with Gasteiger partial charge >= 0.3 is 0 Å². The van der Waals surface area contributed by atoms with E-state index in [2.05, 4.69) is 16.2 Å². The van der Waals surface area contributed by atoms with E-state index in [0.717, 1.165) is 22.4 Å². The molecule has 1 atom stereocenters. The van der Waals surface area contributed by atoms with E-state index in [1.807, 2.05) is 48.5 Å². The fraction of sp³-hybridized carbons (Fsp3) is 0.125. The Labute approximate surface area is 180 Å². The molecule has 0 radical (unpaired) electrons. The summed E-state index contributed by atoms with van der Waals surface area (Å²) in [5.41, 5.74) is 10.2. The van der Waals surface area contributed by atoms with Gasteiger partial charge in [0.15, 0.2) is 0 Å². The Balaban J connectivity index is 1.70. The van der Waals surface area contributed by atoms with Crippen LogP contribution in [0.15, 0.2) is 72.9 Å². The standard InChI is InChI=1S/C24H21N5O2/c1-29-24(12-22(28-29)17-5-3-2-4-6-17)31-23-11-16(13-25)7-9-19(23)21-10-8-18(14-27-21)20(26)15-30/h2-12,14,20,30H,15,26H2,1H3. The number of benzene rings is 2. The highest BCUT2D eigenvalue weighted by molar-refractivity contribution is 5.69. The second-order valence-electron chi connectivity index (χ2n) is 7.05. The molecule has 2 heterocycles. The molecule has 0 fully saturated rings. The molecule has 7 heteroatoms. The van der Waals surface area contributed by atoms with Gasteiger partial charge in [-0.2, -0.15) is 10.4 Å². The van der Waals surface area contributed by atoms with Gasteiger partial charge in [0.1, 0.15) is 5.75 Å². The zero-order valence-electron chi connectivity index (χ0n) is 16.9. The molecule has 2 aromatic carbocycles. The number of nitrogens with zero attached hydrogens (tertiary/aromatic N) is 4. The summed E-state index contributed by atoms with van der Waals surface area (Å²) in [7, 11) is 1.80. The van der Waals surface area contributed by atoms with Crippen molar-refractivity contribution in [1.29, 1.82) is 5.26 Å². The van der Waals surface area contributed by atoms with Crippen molar-refractivity contribution in [3.05, 3.63) is 84.1 Å². The second-order valence-corrected chi connectivity index (χ2v) is 7.05. The molecule has 0 saturated heterocycles. The van der Waals surface area contributed by atoms with Crippen molar-refractivity contribution in [2.24, 2.45) is 12.8 Å². The lowest BCUT2D eigenvalue weighted by atomic mass is 10.1. The van der Waals surface area contributed by atoms with Gasteiger partial charge < -0.3 is 15.6 Å². The Bertz CT molecular complexity index is 1230. The van der Waals surface area contributed by atoms with Crippen LogP contribution < -0.4 is 10.5 Å². The third-order valence-corrected chi connectivity index (χ3v) is 4.92. The molecule has 2 aromatic heterocycles. The molecule has 4 rings (SSSR count). The quantitative estimate of drug-likeness (QED) is 0.499. The molecule has 0 bridgehead atoms. The second kappa shape index (κ2) is 8.79. The lowest BCUT2D eigenvalue weighted by Gasteiger charge is -2.13. The molecule has 0 amide bonds. The molecule has 3 N–H and O–H groups in total. The van der Waals surface area contributed by atoms with Gasteiger partial charge in [-0.15, -0.1) is 0 Å². The summed E-state index contributed by atoms with van der Waals surface area (Å²) in [6.45, 7) is -0.156. The molecule has 0 aliphatic carbocycles. The Kier molecular flexibility index (Phi) is 5.76. The Morgan fingerprint density at radius 2 is 1.90 bits per heavy atom. The first kappa shape index (κ1) is 20.3. The molecule has 154 valence electrons. The predicted molar refractivity (Wildman–Crippen MR) is 117 cm³/mol. The molecule has 4 aromatic rings. The SMILES string of the molecule is Cn1nc(-c2ccccc2)cc1Oc1cc(C#N)ccc1-c1ccc(C(N)CO)cn1. The van der Waals surface area contributed by atoms with E-state index in [4.69, 9.17) is 10.5 Å². The van der Waals surface area contributed by atoms with Crippen molar-refractivity contribution in [3.63, 3.8) is 0 Å². The highest BCUT2D eigenvalue weighted by Crippen LogP contribution is 2.34. The number of hydrogen-bond donors (Lipinski definition) is 2. The third-order valence-electron chi connectivity index (χ3n) is 4.92. The van der Waals surface area contributed by atoms with Gasteiger partial charge in [0.2, 0.25) is 5.88 Å². The van der Waals surface area contributed by atoms with E-state index in [9.17, 15) is 10.4 Å². The third kappa shape index (κ3) is 4.31. The summed E-state index contributed by atoms with van der Waals surface area (Å²) < 4.78 is 7.84.